The number of fused-ring (bicyclic) bond motifs is 2. The fourth-order valence-corrected chi connectivity index (χ4v) is 3.12. The maximum absolute atomic E-state index is 11.4. The molecule has 0 heterocycles. The van der Waals surface area contributed by atoms with Crippen LogP contribution in [0, 0.1) is 23.7 Å². The predicted molar refractivity (Wildman–Crippen MR) is 47.5 cm³/mol. The molecule has 0 radical (unpaired) electrons. The first-order valence-corrected chi connectivity index (χ1v) is 4.95. The van der Waals surface area contributed by atoms with Gasteiger partial charge in [0.1, 0.15) is 0 Å². The lowest BCUT2D eigenvalue weighted by Crippen LogP contribution is -2.35. The van der Waals surface area contributed by atoms with Gasteiger partial charge in [-0.1, -0.05) is 0 Å². The van der Waals surface area contributed by atoms with Crippen molar-refractivity contribution in [3.63, 3.8) is 0 Å². The third kappa shape index (κ3) is 1.21. The van der Waals surface area contributed by atoms with Gasteiger partial charge in [0, 0.05) is 0 Å². The number of rotatable bonds is 2. The molecule has 2 fully saturated rings. The van der Waals surface area contributed by atoms with Crippen LogP contribution in [0.3, 0.4) is 0 Å². The van der Waals surface area contributed by atoms with Crippen LogP contribution in [0.2, 0.25) is 0 Å². The van der Waals surface area contributed by atoms with E-state index in [0.29, 0.717) is 0 Å². The molecule has 0 unspecified atom stereocenters. The van der Waals surface area contributed by atoms with E-state index in [0.717, 1.165) is 19.3 Å². The molecule has 2 aliphatic carbocycles. The highest BCUT2D eigenvalue weighted by Crippen LogP contribution is 2.52. The van der Waals surface area contributed by atoms with Gasteiger partial charge in [-0.2, -0.15) is 0 Å². The highest BCUT2D eigenvalue weighted by molar-refractivity contribution is 5.82. The highest BCUT2D eigenvalue weighted by atomic mass is 16.5. The van der Waals surface area contributed by atoms with Gasteiger partial charge in [0.15, 0.2) is 0 Å². The quantitative estimate of drug-likeness (QED) is 0.670. The Labute approximate surface area is 82.2 Å². The molecule has 2 rings (SSSR count). The van der Waals surface area contributed by atoms with Crippen molar-refractivity contribution in [1.82, 2.24) is 0 Å². The van der Waals surface area contributed by atoms with E-state index in [9.17, 15) is 9.59 Å². The Bertz CT molecular complexity index is 273. The van der Waals surface area contributed by atoms with E-state index >= 15 is 0 Å². The fraction of sp³-hybridized carbons (Fsp3) is 0.800. The number of carboxylic acids is 1. The lowest BCUT2D eigenvalue weighted by molar-refractivity contribution is -0.158. The van der Waals surface area contributed by atoms with Crippen molar-refractivity contribution in [3.05, 3.63) is 0 Å². The first-order chi connectivity index (χ1) is 6.65. The van der Waals surface area contributed by atoms with Crippen LogP contribution in [0.15, 0.2) is 0 Å². The molecule has 0 aromatic rings. The number of aliphatic carboxylic acids is 1. The van der Waals surface area contributed by atoms with E-state index < -0.39 is 17.8 Å². The maximum Gasteiger partial charge on any atom is 0.309 e. The van der Waals surface area contributed by atoms with Gasteiger partial charge in [0.25, 0.3) is 0 Å². The molecular formula is C10H14O4. The second-order valence-corrected chi connectivity index (χ2v) is 4.25. The summed E-state index contributed by atoms with van der Waals surface area (Å²) in [5, 5.41) is 9.04. The Kier molecular flexibility index (Phi) is 2.21. The molecule has 2 aliphatic rings. The van der Waals surface area contributed by atoms with Crippen molar-refractivity contribution in [1.29, 1.82) is 0 Å². The third-order valence-corrected chi connectivity index (χ3v) is 3.67. The third-order valence-electron chi connectivity index (χ3n) is 3.67. The summed E-state index contributed by atoms with van der Waals surface area (Å²) in [6.45, 7) is 0. The second-order valence-electron chi connectivity index (χ2n) is 4.25. The van der Waals surface area contributed by atoms with Crippen molar-refractivity contribution >= 4 is 11.9 Å². The van der Waals surface area contributed by atoms with E-state index in [1.54, 1.807) is 0 Å². The van der Waals surface area contributed by atoms with Crippen LogP contribution in [0.25, 0.3) is 0 Å². The molecule has 1 N–H and O–H groups in total. The normalized spacial score (nSPS) is 39.8. The highest BCUT2D eigenvalue weighted by Gasteiger charge is 2.54. The molecule has 0 aromatic carbocycles. The molecular weight excluding hydrogens is 184 g/mol. The first kappa shape index (κ1) is 9.49. The van der Waals surface area contributed by atoms with Gasteiger partial charge in [0.2, 0.25) is 0 Å². The number of hydrogen-bond donors (Lipinski definition) is 1. The van der Waals surface area contributed by atoms with Crippen LogP contribution in [-0.2, 0) is 14.3 Å². The number of ether oxygens (including phenoxy) is 1. The maximum atomic E-state index is 11.4. The SMILES string of the molecule is COC(=O)[C@@H]1[C@H]2CC[C@H](C2)[C@H]1C(=O)O. The van der Waals surface area contributed by atoms with Crippen molar-refractivity contribution in [2.75, 3.05) is 7.11 Å². The van der Waals surface area contributed by atoms with E-state index in [2.05, 4.69) is 4.74 Å². The molecule has 0 spiro atoms. The minimum Gasteiger partial charge on any atom is -0.481 e. The number of esters is 1. The number of hydrogen-bond acceptors (Lipinski definition) is 3. The van der Waals surface area contributed by atoms with Crippen molar-refractivity contribution in [3.8, 4) is 0 Å². The van der Waals surface area contributed by atoms with Gasteiger partial charge < -0.3 is 9.84 Å². The number of carbonyl (C=O) groups excluding carboxylic acids is 1. The zero-order valence-electron chi connectivity index (χ0n) is 8.10. The molecule has 0 aromatic heterocycles. The van der Waals surface area contributed by atoms with Crippen molar-refractivity contribution in [2.45, 2.75) is 19.3 Å². The molecule has 4 atom stereocenters. The summed E-state index contributed by atoms with van der Waals surface area (Å²) < 4.78 is 4.66. The Morgan fingerprint density at radius 3 is 2.29 bits per heavy atom. The standard InChI is InChI=1S/C10H14O4/c1-14-10(13)8-6-3-2-5(4-6)7(8)9(11)12/h5-8H,2-4H2,1H3,(H,11,12)/t5-,6+,7-,8-/m1/s1. The Balaban J connectivity index is 2.21. The summed E-state index contributed by atoms with van der Waals surface area (Å²) in [5.74, 6) is -1.63. The summed E-state index contributed by atoms with van der Waals surface area (Å²) in [6.07, 6.45) is 2.82. The number of methoxy groups -OCH3 is 1. The van der Waals surface area contributed by atoms with Crippen LogP contribution in [0.4, 0.5) is 0 Å². The van der Waals surface area contributed by atoms with Gasteiger partial charge in [-0.15, -0.1) is 0 Å². The summed E-state index contributed by atoms with van der Waals surface area (Å²) in [7, 11) is 1.33. The van der Waals surface area contributed by atoms with E-state index in [4.69, 9.17) is 5.11 Å². The lowest BCUT2D eigenvalue weighted by Gasteiger charge is -2.25. The van der Waals surface area contributed by atoms with Crippen LogP contribution < -0.4 is 0 Å². The van der Waals surface area contributed by atoms with Gasteiger partial charge in [-0.05, 0) is 31.1 Å². The Hall–Kier alpha value is -1.06. The van der Waals surface area contributed by atoms with Crippen LogP contribution >= 0.6 is 0 Å². The van der Waals surface area contributed by atoms with Crippen molar-refractivity contribution < 1.29 is 19.4 Å². The van der Waals surface area contributed by atoms with Gasteiger partial charge in [-0.25, -0.2) is 0 Å². The Morgan fingerprint density at radius 1 is 1.21 bits per heavy atom. The minimum absolute atomic E-state index is 0.196. The first-order valence-electron chi connectivity index (χ1n) is 4.95. The van der Waals surface area contributed by atoms with Gasteiger partial charge in [-0.3, -0.25) is 9.59 Å². The largest absolute Gasteiger partial charge is 0.481 e. The van der Waals surface area contributed by atoms with Gasteiger partial charge in [0.05, 0.1) is 18.9 Å². The summed E-state index contributed by atoms with van der Waals surface area (Å²) >= 11 is 0. The summed E-state index contributed by atoms with van der Waals surface area (Å²) in [6, 6.07) is 0. The molecule has 4 nitrogen and oxygen atoms in total. The molecule has 0 amide bonds. The van der Waals surface area contributed by atoms with E-state index in [1.165, 1.54) is 7.11 Å². The van der Waals surface area contributed by atoms with E-state index in [1.807, 2.05) is 0 Å². The summed E-state index contributed by atoms with van der Waals surface area (Å²) in [5.41, 5.74) is 0. The topological polar surface area (TPSA) is 63.6 Å². The molecule has 0 aliphatic heterocycles. The number of carbonyl (C=O) groups is 2. The Morgan fingerprint density at radius 2 is 1.79 bits per heavy atom. The van der Waals surface area contributed by atoms with Crippen LogP contribution in [-0.4, -0.2) is 24.2 Å². The fourth-order valence-electron chi connectivity index (χ4n) is 3.12. The molecule has 14 heavy (non-hydrogen) atoms. The average Bonchev–Trinajstić information content (AvgIpc) is 2.74. The predicted octanol–water partition coefficient (Wildman–Crippen LogP) is 0.906. The van der Waals surface area contributed by atoms with E-state index in [-0.39, 0.29) is 17.8 Å². The van der Waals surface area contributed by atoms with Crippen molar-refractivity contribution in [2.24, 2.45) is 23.7 Å². The van der Waals surface area contributed by atoms with Gasteiger partial charge >= 0.3 is 11.9 Å². The minimum atomic E-state index is -0.840. The lowest BCUT2D eigenvalue weighted by atomic mass is 9.79. The summed E-state index contributed by atoms with van der Waals surface area (Å²) in [4.78, 5) is 22.4. The monoisotopic (exact) mass is 198 g/mol. The zero-order valence-corrected chi connectivity index (χ0v) is 8.10. The van der Waals surface area contributed by atoms with Crippen LogP contribution in [0.1, 0.15) is 19.3 Å². The number of carboxylic acid groups (broad SMARTS) is 1. The molecule has 2 saturated carbocycles. The van der Waals surface area contributed by atoms with Crippen LogP contribution in [0.5, 0.6) is 0 Å². The smallest absolute Gasteiger partial charge is 0.309 e. The molecule has 78 valence electrons. The second kappa shape index (κ2) is 3.26. The average molecular weight is 198 g/mol. The molecule has 0 saturated heterocycles. The molecule has 4 heteroatoms. The zero-order chi connectivity index (χ0) is 10.3. The molecule has 2 bridgehead atoms.